The van der Waals surface area contributed by atoms with Crippen LogP contribution in [-0.2, 0) is 0 Å². The minimum absolute atomic E-state index is 0.234. The second kappa shape index (κ2) is 5.09. The van der Waals surface area contributed by atoms with Crippen LogP contribution in [0.15, 0.2) is 36.4 Å². The van der Waals surface area contributed by atoms with Crippen molar-refractivity contribution in [2.24, 2.45) is 0 Å². The SMILES string of the molecule is Cc1cc(C(=O)c2cc(Cl)cc(Cl)c2)ccc1F. The topological polar surface area (TPSA) is 17.1 Å². The summed E-state index contributed by atoms with van der Waals surface area (Å²) in [7, 11) is 0. The molecule has 0 saturated carbocycles. The molecule has 0 aliphatic heterocycles. The van der Waals surface area contributed by atoms with Crippen LogP contribution in [0.25, 0.3) is 0 Å². The maximum Gasteiger partial charge on any atom is 0.193 e. The summed E-state index contributed by atoms with van der Waals surface area (Å²) in [6, 6.07) is 8.85. The molecule has 92 valence electrons. The predicted molar refractivity (Wildman–Crippen MR) is 71.0 cm³/mol. The van der Waals surface area contributed by atoms with Gasteiger partial charge in [-0.05, 0) is 48.9 Å². The van der Waals surface area contributed by atoms with Crippen molar-refractivity contribution in [3.63, 3.8) is 0 Å². The molecule has 0 spiro atoms. The van der Waals surface area contributed by atoms with E-state index >= 15 is 0 Å². The molecule has 0 heterocycles. The first-order chi connectivity index (χ1) is 8.47. The molecule has 0 fully saturated rings. The van der Waals surface area contributed by atoms with Gasteiger partial charge < -0.3 is 0 Å². The Hall–Kier alpha value is -1.38. The molecule has 0 bridgehead atoms. The number of rotatable bonds is 2. The van der Waals surface area contributed by atoms with Crippen LogP contribution in [0.5, 0.6) is 0 Å². The molecule has 0 aliphatic rings. The molecule has 0 aliphatic carbocycles. The molecule has 2 rings (SSSR count). The average molecular weight is 283 g/mol. The lowest BCUT2D eigenvalue weighted by atomic mass is 10.0. The fourth-order valence-corrected chi connectivity index (χ4v) is 2.16. The quantitative estimate of drug-likeness (QED) is 0.732. The number of carbonyl (C=O) groups is 1. The number of carbonyl (C=O) groups excluding carboxylic acids is 1. The number of hydrogen-bond acceptors (Lipinski definition) is 1. The number of ketones is 1. The van der Waals surface area contributed by atoms with Gasteiger partial charge in [0.1, 0.15) is 5.82 Å². The molecule has 2 aromatic rings. The van der Waals surface area contributed by atoms with E-state index in [9.17, 15) is 9.18 Å². The number of hydrogen-bond donors (Lipinski definition) is 0. The minimum atomic E-state index is -0.337. The van der Waals surface area contributed by atoms with Gasteiger partial charge >= 0.3 is 0 Å². The first kappa shape index (κ1) is 13.1. The summed E-state index contributed by atoms with van der Waals surface area (Å²) >= 11 is 11.7. The second-order valence-electron chi connectivity index (χ2n) is 3.95. The van der Waals surface area contributed by atoms with Crippen molar-refractivity contribution in [3.8, 4) is 0 Å². The Balaban J connectivity index is 2.44. The minimum Gasteiger partial charge on any atom is -0.289 e. The van der Waals surface area contributed by atoms with Crippen LogP contribution in [0.3, 0.4) is 0 Å². The summed E-state index contributed by atoms with van der Waals surface area (Å²) < 4.78 is 13.1. The van der Waals surface area contributed by atoms with Gasteiger partial charge in [0.15, 0.2) is 5.78 Å². The van der Waals surface area contributed by atoms with Gasteiger partial charge in [0.2, 0.25) is 0 Å². The summed E-state index contributed by atoms with van der Waals surface area (Å²) in [5.41, 5.74) is 1.22. The van der Waals surface area contributed by atoms with E-state index in [1.165, 1.54) is 30.3 Å². The zero-order valence-electron chi connectivity index (χ0n) is 9.51. The average Bonchev–Trinajstić information content (AvgIpc) is 2.30. The Morgan fingerprint density at radius 2 is 1.61 bits per heavy atom. The third-order valence-corrected chi connectivity index (χ3v) is 2.98. The molecule has 0 N–H and O–H groups in total. The summed E-state index contributed by atoms with van der Waals surface area (Å²) in [5, 5.41) is 0.786. The van der Waals surface area contributed by atoms with E-state index < -0.39 is 0 Å². The van der Waals surface area contributed by atoms with Crippen molar-refractivity contribution < 1.29 is 9.18 Å². The summed E-state index contributed by atoms with van der Waals surface area (Å²) in [6.07, 6.45) is 0. The van der Waals surface area contributed by atoms with Crippen molar-refractivity contribution in [3.05, 3.63) is 69.0 Å². The third kappa shape index (κ3) is 2.71. The molecule has 1 nitrogen and oxygen atoms in total. The van der Waals surface area contributed by atoms with Crippen LogP contribution >= 0.6 is 23.2 Å². The van der Waals surface area contributed by atoms with Crippen LogP contribution in [0.1, 0.15) is 21.5 Å². The second-order valence-corrected chi connectivity index (χ2v) is 4.82. The highest BCUT2D eigenvalue weighted by molar-refractivity contribution is 6.35. The highest BCUT2D eigenvalue weighted by Crippen LogP contribution is 2.22. The van der Waals surface area contributed by atoms with Crippen molar-refractivity contribution in [2.45, 2.75) is 6.92 Å². The molecule has 0 aromatic heterocycles. The number of halogens is 3. The van der Waals surface area contributed by atoms with E-state index in [1.807, 2.05) is 0 Å². The smallest absolute Gasteiger partial charge is 0.193 e. The molecule has 0 saturated heterocycles. The van der Waals surface area contributed by atoms with E-state index in [2.05, 4.69) is 0 Å². The van der Waals surface area contributed by atoms with E-state index in [0.717, 1.165) is 0 Å². The van der Waals surface area contributed by atoms with Gasteiger partial charge in [-0.2, -0.15) is 0 Å². The van der Waals surface area contributed by atoms with Gasteiger partial charge in [0.05, 0.1) is 0 Å². The normalized spacial score (nSPS) is 10.4. The highest BCUT2D eigenvalue weighted by Gasteiger charge is 2.12. The predicted octanol–water partition coefficient (Wildman–Crippen LogP) is 4.67. The Morgan fingerprint density at radius 3 is 2.17 bits per heavy atom. The first-order valence-electron chi connectivity index (χ1n) is 5.24. The lowest BCUT2D eigenvalue weighted by Gasteiger charge is -2.04. The number of aryl methyl sites for hydroxylation is 1. The molecule has 0 amide bonds. The van der Waals surface area contributed by atoms with Gasteiger partial charge in [-0.3, -0.25) is 4.79 Å². The molecule has 0 radical (unpaired) electrons. The van der Waals surface area contributed by atoms with Gasteiger partial charge in [-0.25, -0.2) is 4.39 Å². The lowest BCUT2D eigenvalue weighted by molar-refractivity contribution is 0.103. The van der Waals surface area contributed by atoms with Gasteiger partial charge in [-0.1, -0.05) is 23.2 Å². The van der Waals surface area contributed by atoms with E-state index in [1.54, 1.807) is 13.0 Å². The van der Waals surface area contributed by atoms with Gasteiger partial charge in [0, 0.05) is 21.2 Å². The van der Waals surface area contributed by atoms with E-state index in [-0.39, 0.29) is 11.6 Å². The zero-order valence-corrected chi connectivity index (χ0v) is 11.0. The van der Waals surface area contributed by atoms with E-state index in [4.69, 9.17) is 23.2 Å². The number of benzene rings is 2. The van der Waals surface area contributed by atoms with Crippen LogP contribution < -0.4 is 0 Å². The Morgan fingerprint density at radius 1 is 1.00 bits per heavy atom. The standard InChI is InChI=1S/C14H9Cl2FO/c1-8-4-9(2-3-13(8)17)14(18)10-5-11(15)7-12(16)6-10/h2-7H,1H3. The fraction of sp³-hybridized carbons (Fsp3) is 0.0714. The fourth-order valence-electron chi connectivity index (χ4n) is 1.64. The summed E-state index contributed by atoms with van der Waals surface area (Å²) in [4.78, 5) is 12.2. The molecule has 2 aromatic carbocycles. The summed E-state index contributed by atoms with van der Waals surface area (Å²) in [5.74, 6) is -0.571. The van der Waals surface area contributed by atoms with Crippen LogP contribution in [0.4, 0.5) is 4.39 Å². The monoisotopic (exact) mass is 282 g/mol. The molecule has 4 heteroatoms. The first-order valence-corrected chi connectivity index (χ1v) is 6.00. The lowest BCUT2D eigenvalue weighted by Crippen LogP contribution is -2.02. The van der Waals surface area contributed by atoms with E-state index in [0.29, 0.717) is 26.7 Å². The highest BCUT2D eigenvalue weighted by atomic mass is 35.5. The molecule has 0 atom stereocenters. The molecule has 0 unspecified atom stereocenters. The maximum absolute atomic E-state index is 13.1. The Kier molecular flexibility index (Phi) is 3.69. The van der Waals surface area contributed by atoms with Crippen LogP contribution in [0, 0.1) is 12.7 Å². The van der Waals surface area contributed by atoms with Gasteiger partial charge in [-0.15, -0.1) is 0 Å². The van der Waals surface area contributed by atoms with Crippen molar-refractivity contribution in [2.75, 3.05) is 0 Å². The van der Waals surface area contributed by atoms with Crippen molar-refractivity contribution in [1.82, 2.24) is 0 Å². The Labute approximate surface area is 114 Å². The van der Waals surface area contributed by atoms with Crippen LogP contribution in [0.2, 0.25) is 10.0 Å². The van der Waals surface area contributed by atoms with Gasteiger partial charge in [0.25, 0.3) is 0 Å². The largest absolute Gasteiger partial charge is 0.289 e. The van der Waals surface area contributed by atoms with Crippen LogP contribution in [-0.4, -0.2) is 5.78 Å². The Bertz CT molecular complexity index is 603. The maximum atomic E-state index is 13.1. The third-order valence-electron chi connectivity index (χ3n) is 2.54. The molecular formula is C14H9Cl2FO. The van der Waals surface area contributed by atoms with Crippen molar-refractivity contribution >= 4 is 29.0 Å². The molecule has 18 heavy (non-hydrogen) atoms. The molecular weight excluding hydrogens is 274 g/mol. The van der Waals surface area contributed by atoms with Crippen molar-refractivity contribution in [1.29, 1.82) is 0 Å². The zero-order chi connectivity index (χ0) is 13.3. The summed E-state index contributed by atoms with van der Waals surface area (Å²) in [6.45, 7) is 1.61.